The summed E-state index contributed by atoms with van der Waals surface area (Å²) in [5.41, 5.74) is 0. The minimum absolute atomic E-state index is 0.00628. The van der Waals surface area contributed by atoms with Gasteiger partial charge >= 0.3 is 0 Å². The standard InChI is InChI=1S/C13H24N4O4S/c1-12(18)15-7-9-16(10-8-15)13(19)2-11-22(20,21)17-5-3-14-4-6-17/h14H,2-11H2,1H3. The Morgan fingerprint density at radius 1 is 0.955 bits per heavy atom. The average molecular weight is 332 g/mol. The third kappa shape index (κ3) is 4.40. The molecule has 0 radical (unpaired) electrons. The third-order valence-electron chi connectivity index (χ3n) is 4.12. The first-order chi connectivity index (χ1) is 10.4. The molecule has 2 rings (SSSR count). The Kier molecular flexibility index (Phi) is 5.76. The van der Waals surface area contributed by atoms with Gasteiger partial charge in [0.15, 0.2) is 0 Å². The Morgan fingerprint density at radius 2 is 1.50 bits per heavy atom. The minimum atomic E-state index is -3.36. The molecule has 0 aliphatic carbocycles. The zero-order chi connectivity index (χ0) is 16.2. The summed E-state index contributed by atoms with van der Waals surface area (Å²) < 4.78 is 25.8. The van der Waals surface area contributed by atoms with Crippen LogP contribution in [0.15, 0.2) is 0 Å². The van der Waals surface area contributed by atoms with Gasteiger partial charge in [0, 0.05) is 65.7 Å². The van der Waals surface area contributed by atoms with Crippen LogP contribution in [0.1, 0.15) is 13.3 Å². The molecule has 1 N–H and O–H groups in total. The fourth-order valence-electron chi connectivity index (χ4n) is 2.70. The van der Waals surface area contributed by atoms with E-state index >= 15 is 0 Å². The maximum absolute atomic E-state index is 12.2. The van der Waals surface area contributed by atoms with E-state index in [0.717, 1.165) is 0 Å². The summed E-state index contributed by atoms with van der Waals surface area (Å²) >= 11 is 0. The van der Waals surface area contributed by atoms with E-state index in [4.69, 9.17) is 0 Å². The summed E-state index contributed by atoms with van der Waals surface area (Å²) in [4.78, 5) is 26.7. The van der Waals surface area contributed by atoms with Crippen molar-refractivity contribution in [1.29, 1.82) is 0 Å². The zero-order valence-corrected chi connectivity index (χ0v) is 13.8. The molecule has 126 valence electrons. The van der Waals surface area contributed by atoms with Gasteiger partial charge in [0.25, 0.3) is 0 Å². The van der Waals surface area contributed by atoms with Crippen LogP contribution in [0.25, 0.3) is 0 Å². The lowest BCUT2D eigenvalue weighted by atomic mass is 10.3. The Labute approximate surface area is 131 Å². The summed E-state index contributed by atoms with van der Waals surface area (Å²) in [5, 5.41) is 3.10. The lowest BCUT2D eigenvalue weighted by molar-refractivity contribution is -0.138. The van der Waals surface area contributed by atoms with E-state index in [1.54, 1.807) is 9.80 Å². The van der Waals surface area contributed by atoms with Gasteiger partial charge < -0.3 is 15.1 Å². The number of hydrogen-bond acceptors (Lipinski definition) is 5. The van der Waals surface area contributed by atoms with Crippen molar-refractivity contribution in [2.24, 2.45) is 0 Å². The lowest BCUT2D eigenvalue weighted by Crippen LogP contribution is -2.51. The van der Waals surface area contributed by atoms with Crippen molar-refractivity contribution < 1.29 is 18.0 Å². The summed E-state index contributed by atoms with van der Waals surface area (Å²) in [6, 6.07) is 0. The van der Waals surface area contributed by atoms with E-state index in [1.165, 1.54) is 11.2 Å². The van der Waals surface area contributed by atoms with Crippen molar-refractivity contribution in [2.75, 3.05) is 58.1 Å². The Bertz CT molecular complexity index is 508. The number of sulfonamides is 1. The molecule has 8 nitrogen and oxygen atoms in total. The molecular weight excluding hydrogens is 308 g/mol. The minimum Gasteiger partial charge on any atom is -0.339 e. The molecule has 0 spiro atoms. The molecule has 0 aromatic rings. The van der Waals surface area contributed by atoms with Crippen LogP contribution >= 0.6 is 0 Å². The highest BCUT2D eigenvalue weighted by Gasteiger charge is 2.27. The molecule has 9 heteroatoms. The predicted octanol–water partition coefficient (Wildman–Crippen LogP) is -1.70. The topological polar surface area (TPSA) is 90.0 Å². The first-order valence-corrected chi connectivity index (χ1v) is 9.23. The van der Waals surface area contributed by atoms with Crippen LogP contribution in [0.2, 0.25) is 0 Å². The van der Waals surface area contributed by atoms with Crippen molar-refractivity contribution in [3.05, 3.63) is 0 Å². The second-order valence-corrected chi connectivity index (χ2v) is 7.69. The summed E-state index contributed by atoms with van der Waals surface area (Å²) in [5.74, 6) is -0.283. The van der Waals surface area contributed by atoms with E-state index in [0.29, 0.717) is 52.4 Å². The fraction of sp³-hybridized carbons (Fsp3) is 0.846. The van der Waals surface area contributed by atoms with Crippen LogP contribution in [0.5, 0.6) is 0 Å². The number of rotatable bonds is 4. The van der Waals surface area contributed by atoms with Gasteiger partial charge in [0.05, 0.1) is 5.75 Å². The van der Waals surface area contributed by atoms with Gasteiger partial charge in [-0.05, 0) is 0 Å². The molecule has 2 amide bonds. The van der Waals surface area contributed by atoms with Gasteiger partial charge in [-0.3, -0.25) is 9.59 Å². The van der Waals surface area contributed by atoms with Crippen LogP contribution in [0.3, 0.4) is 0 Å². The molecular formula is C13H24N4O4S. The fourth-order valence-corrected chi connectivity index (χ4v) is 4.13. The molecule has 2 aliphatic rings. The van der Waals surface area contributed by atoms with Gasteiger partial charge in [-0.15, -0.1) is 0 Å². The van der Waals surface area contributed by atoms with E-state index in [-0.39, 0.29) is 24.0 Å². The molecule has 0 saturated carbocycles. The average Bonchev–Trinajstić information content (AvgIpc) is 2.53. The molecule has 0 atom stereocenters. The van der Waals surface area contributed by atoms with Crippen molar-refractivity contribution in [1.82, 2.24) is 19.4 Å². The van der Waals surface area contributed by atoms with Crippen LogP contribution < -0.4 is 5.32 Å². The molecule has 0 aromatic carbocycles. The van der Waals surface area contributed by atoms with Crippen molar-refractivity contribution in [3.8, 4) is 0 Å². The Hall–Kier alpha value is -1.19. The second-order valence-electron chi connectivity index (χ2n) is 5.60. The quantitative estimate of drug-likeness (QED) is 0.663. The molecule has 2 heterocycles. The van der Waals surface area contributed by atoms with E-state index in [9.17, 15) is 18.0 Å². The SMILES string of the molecule is CC(=O)N1CCN(C(=O)CCS(=O)(=O)N2CCNCC2)CC1. The van der Waals surface area contributed by atoms with E-state index in [1.807, 2.05) is 0 Å². The summed E-state index contributed by atoms with van der Waals surface area (Å²) in [7, 11) is -3.36. The molecule has 0 unspecified atom stereocenters. The Morgan fingerprint density at radius 3 is 2.05 bits per heavy atom. The largest absolute Gasteiger partial charge is 0.339 e. The highest BCUT2D eigenvalue weighted by Crippen LogP contribution is 2.08. The van der Waals surface area contributed by atoms with Crippen LogP contribution in [0, 0.1) is 0 Å². The molecule has 22 heavy (non-hydrogen) atoms. The Balaban J connectivity index is 1.79. The monoisotopic (exact) mass is 332 g/mol. The van der Waals surface area contributed by atoms with Crippen molar-refractivity contribution >= 4 is 21.8 Å². The first kappa shape index (κ1) is 17.2. The number of nitrogens with one attached hydrogen (secondary N) is 1. The van der Waals surface area contributed by atoms with Crippen molar-refractivity contribution in [2.45, 2.75) is 13.3 Å². The smallest absolute Gasteiger partial charge is 0.223 e. The molecule has 2 fully saturated rings. The predicted molar refractivity (Wildman–Crippen MR) is 81.7 cm³/mol. The summed E-state index contributed by atoms with van der Waals surface area (Å²) in [6.07, 6.45) is 0.00628. The van der Waals surface area contributed by atoms with Crippen molar-refractivity contribution in [3.63, 3.8) is 0 Å². The van der Waals surface area contributed by atoms with Gasteiger partial charge in [0.1, 0.15) is 0 Å². The van der Waals surface area contributed by atoms with Crippen LogP contribution in [-0.2, 0) is 19.6 Å². The first-order valence-electron chi connectivity index (χ1n) is 7.62. The van der Waals surface area contributed by atoms with Gasteiger partial charge in [-0.1, -0.05) is 0 Å². The van der Waals surface area contributed by atoms with Gasteiger partial charge in [-0.2, -0.15) is 4.31 Å². The molecule has 2 saturated heterocycles. The third-order valence-corrected chi connectivity index (χ3v) is 5.99. The number of carbonyl (C=O) groups excluding carboxylic acids is 2. The van der Waals surface area contributed by atoms with Crippen LogP contribution in [0.4, 0.5) is 0 Å². The van der Waals surface area contributed by atoms with Crippen LogP contribution in [-0.4, -0.2) is 92.4 Å². The number of amides is 2. The highest BCUT2D eigenvalue weighted by atomic mass is 32.2. The number of carbonyl (C=O) groups is 2. The maximum atomic E-state index is 12.2. The second kappa shape index (κ2) is 7.38. The normalized spacial score (nSPS) is 21.0. The molecule has 0 bridgehead atoms. The van der Waals surface area contributed by atoms with Gasteiger partial charge in [-0.25, -0.2) is 8.42 Å². The van der Waals surface area contributed by atoms with Gasteiger partial charge in [0.2, 0.25) is 21.8 Å². The van der Waals surface area contributed by atoms with E-state index < -0.39 is 10.0 Å². The summed E-state index contributed by atoms with van der Waals surface area (Å²) in [6.45, 7) is 5.74. The highest BCUT2D eigenvalue weighted by molar-refractivity contribution is 7.89. The number of piperazine rings is 2. The maximum Gasteiger partial charge on any atom is 0.223 e. The molecule has 2 aliphatic heterocycles. The van der Waals surface area contributed by atoms with E-state index in [2.05, 4.69) is 5.32 Å². The number of hydrogen-bond donors (Lipinski definition) is 1. The molecule has 0 aromatic heterocycles. The zero-order valence-electron chi connectivity index (χ0n) is 13.0. The number of nitrogens with zero attached hydrogens (tertiary/aromatic N) is 3. The lowest BCUT2D eigenvalue weighted by Gasteiger charge is -2.34.